The van der Waals surface area contributed by atoms with Crippen LogP contribution >= 0.6 is 0 Å². The summed E-state index contributed by atoms with van der Waals surface area (Å²) >= 11 is 0. The number of carboxylic acids is 1. The average Bonchev–Trinajstić information content (AvgIpc) is 1.60. The largest absolute Gasteiger partial charge is 0.748 e. The zero-order chi connectivity index (χ0) is 64.6. The van der Waals surface area contributed by atoms with Crippen LogP contribution in [0.5, 0.6) is 0 Å². The van der Waals surface area contributed by atoms with Gasteiger partial charge in [0.05, 0.1) is 46.0 Å². The molecule has 1 atom stereocenters. The number of hydrogen-bond donors (Lipinski definition) is 7. The standard InChI is InChI=1S/C63H73N9O14S3.W.Y.4H2/c1-7-41(36-50(60(75)76)68-58(73)45-19-23-46(24-20-45)65-37-47-38-66-57-55(67-47)59(74)70-61(64)69-57)14-13-31-86-56-43(21-27-53-62(3,4)48-34-40(2)17-25-51(48)71(53)29-8-10-32-87(77,78)79)15-12-16-44(56)22-28-54-63(5,6)49-35-42(39-89(83,84)85)18-26-52(49)72(54)30-9-11-33-88(80,81)82;;;;;;/h7,13-14,17-28,31,34-35,38,50H,1,8-12,15-16,29-30,32-33,36-37,39H2,2-6H3,(H8-,64,65,66,68,69,70,73,74,75,76,77,78,79,80,81,82,83,84,85);;;4*1H/b31-13+,41-14+;;;;;;/t50-;;;;;;/m0....../s1/i1+2,7+2,13+2,14+1,31+2,36+2,41+1,50+2,60+2;;;;;;. The third-order valence-corrected chi connectivity index (χ3v) is 18.1. The molecule has 2 aromatic heterocycles. The van der Waals surface area contributed by atoms with Crippen LogP contribution in [0.15, 0.2) is 155 Å². The Morgan fingerprint density at radius 2 is 1.69 bits per heavy atom. The van der Waals surface area contributed by atoms with Gasteiger partial charge in [0.2, 0.25) is 11.6 Å². The molecule has 91 heavy (non-hydrogen) atoms. The van der Waals surface area contributed by atoms with Crippen molar-refractivity contribution < 1.29 is 122 Å². The molecule has 0 unspecified atom stereocenters. The van der Waals surface area contributed by atoms with Gasteiger partial charge in [-0.05, 0) is 142 Å². The van der Waals surface area contributed by atoms with E-state index in [-0.39, 0.29) is 114 Å². The summed E-state index contributed by atoms with van der Waals surface area (Å²) in [6.07, 6.45) is 18.5. The summed E-state index contributed by atoms with van der Waals surface area (Å²) in [6, 6.07) is 16.3. The van der Waals surface area contributed by atoms with Gasteiger partial charge >= 0.3 is 5.97 Å². The number of allylic oxidation sites excluding steroid dienone is 10. The molecule has 3 aromatic carbocycles. The summed E-state index contributed by atoms with van der Waals surface area (Å²) in [5, 5.41) is 16.1. The molecule has 4 heterocycles. The van der Waals surface area contributed by atoms with E-state index < -0.39 is 76.2 Å². The van der Waals surface area contributed by atoms with E-state index in [0.29, 0.717) is 73.5 Å². The van der Waals surface area contributed by atoms with Crippen LogP contribution in [-0.2, 0) is 117 Å². The molecule has 0 spiro atoms. The SMILES string of the molecule is Cc1ccc2c(c1)C(C)(C)/C(=C\C=C1/CCCC(/C=C/C3=[N+](CCCCS(=O)(=O)[O-])c4ccc(CS(=O)(=O)O)cc4C3(C)C)=C1O/[14CH]=[14CH]/[13CH]=[13C](\[14CH]=[14CH2])[14CH2][14C@H](NC(=O)c1ccc(NCc3cnc4nc(N)[nH]c(=O)c4n3)cc1)[14C](=O)O)N2CCCCS(=O)(=O)O.[HH].[HH].[HH].[HH].[W].[Y]. The van der Waals surface area contributed by atoms with E-state index in [1.54, 1.807) is 42.5 Å². The third kappa shape index (κ3) is 19.3. The van der Waals surface area contributed by atoms with Gasteiger partial charge in [0, 0.05) is 130 Å². The molecule has 8 N–H and O–H groups in total. The van der Waals surface area contributed by atoms with Crippen molar-refractivity contribution in [3.63, 3.8) is 0 Å². The van der Waals surface area contributed by atoms with Crippen LogP contribution in [-0.4, -0.2) is 117 Å². The molecule has 8 rings (SSSR count). The number of nitrogens with zero attached hydrogens (tertiary/aromatic N) is 5. The topological polar surface area (TPSA) is 357 Å². The van der Waals surface area contributed by atoms with Crippen molar-refractivity contribution >= 4 is 82.1 Å². The Hall–Kier alpha value is -6.61. The number of aryl methyl sites for hydroxylation is 1. The van der Waals surface area contributed by atoms with Crippen LogP contribution in [0.25, 0.3) is 11.2 Å². The van der Waals surface area contributed by atoms with E-state index in [2.05, 4.69) is 74.1 Å². The van der Waals surface area contributed by atoms with Gasteiger partial charge in [0.1, 0.15) is 24.1 Å². The molecule has 2 aliphatic heterocycles. The second kappa shape index (κ2) is 30.9. The van der Waals surface area contributed by atoms with Crippen molar-refractivity contribution in [1.29, 1.82) is 0 Å². The Morgan fingerprint density at radius 3 is 2.37 bits per heavy atom. The Morgan fingerprint density at radius 1 is 0.967 bits per heavy atom. The van der Waals surface area contributed by atoms with E-state index >= 15 is 0 Å². The zero-order valence-corrected chi connectivity index (χ0v) is 59.2. The average molecular weight is 1570 g/mol. The van der Waals surface area contributed by atoms with E-state index in [1.165, 1.54) is 30.7 Å². The second-order valence-corrected chi connectivity index (χ2v) is 27.7. The number of aliphatic carboxylic acids is 1. The number of aromatic nitrogens is 4. The van der Waals surface area contributed by atoms with Gasteiger partial charge in [-0.3, -0.25) is 23.7 Å². The minimum Gasteiger partial charge on any atom is -0.748 e. The molecule has 1 radical (unpaired) electrons. The number of rotatable bonds is 27. The number of H-pyrrole nitrogens is 1. The van der Waals surface area contributed by atoms with Crippen LogP contribution in [0.2, 0.25) is 0 Å². The summed E-state index contributed by atoms with van der Waals surface area (Å²) in [5.74, 6) is -3.00. The summed E-state index contributed by atoms with van der Waals surface area (Å²) < 4.78 is 110. The quantitative estimate of drug-likeness (QED) is 0.00642. The molecule has 5 aromatic rings. The van der Waals surface area contributed by atoms with Gasteiger partial charge < -0.3 is 35.7 Å². The molecule has 0 bridgehead atoms. The number of anilines is 3. The number of fused-ring (bicyclic) bond motifs is 3. The number of carbonyl (C=O) groups excluding carboxylic acids is 1. The number of carboxylic acid groups (broad SMARTS) is 1. The van der Waals surface area contributed by atoms with Gasteiger partial charge in [-0.25, -0.2) is 23.2 Å². The van der Waals surface area contributed by atoms with Crippen LogP contribution in [0.3, 0.4) is 0 Å². The minimum absolute atomic E-state index is 0. The van der Waals surface area contributed by atoms with E-state index in [1.807, 2.05) is 49.6 Å². The van der Waals surface area contributed by atoms with Crippen LogP contribution < -0.4 is 26.8 Å². The number of unbranched alkanes of at least 4 members (excludes halogenated alkanes) is 2. The van der Waals surface area contributed by atoms with Crippen molar-refractivity contribution in [2.24, 2.45) is 0 Å². The number of aromatic amines is 1. The molecular weight excluding hydrogens is 1490 g/mol. The normalized spacial score (nSPS) is 16.9. The minimum atomic E-state index is -4.47. The Bertz CT molecular complexity index is 4280. The van der Waals surface area contributed by atoms with Crippen LogP contribution in [0.1, 0.15) is 123 Å². The monoisotopic (exact) mass is 1570 g/mol. The molecule has 0 saturated heterocycles. The molecular formula is C63H81N9O14S3WY. The molecule has 489 valence electrons. The first kappa shape index (κ1) is 73.4. The fourth-order valence-electron chi connectivity index (χ4n) is 11.3. The molecule has 1 amide bonds. The van der Waals surface area contributed by atoms with Gasteiger partial charge in [-0.1, -0.05) is 62.4 Å². The number of amides is 1. The van der Waals surface area contributed by atoms with E-state index in [9.17, 15) is 58.4 Å². The maximum Gasteiger partial charge on any atom is 0.326 e. The molecule has 28 heteroatoms. The van der Waals surface area contributed by atoms with Crippen molar-refractivity contribution in [2.75, 3.05) is 40.5 Å². The van der Waals surface area contributed by atoms with Crippen molar-refractivity contribution in [2.45, 2.75) is 115 Å². The number of carbonyl (C=O) groups is 2. The third-order valence-electron chi connectivity index (χ3n) is 15.8. The first-order chi connectivity index (χ1) is 41.9. The Labute approximate surface area is 575 Å². The summed E-state index contributed by atoms with van der Waals surface area (Å²) in [7, 11) is -13.0. The summed E-state index contributed by atoms with van der Waals surface area (Å²) in [4.78, 5) is 55.5. The van der Waals surface area contributed by atoms with Gasteiger partial charge in [0.25, 0.3) is 31.7 Å². The molecule has 0 fully saturated rings. The Kier molecular flexibility index (Phi) is 24.9. The zero-order valence-electron chi connectivity index (χ0n) is 51.0. The van der Waals surface area contributed by atoms with Crippen molar-refractivity contribution in [1.82, 2.24) is 25.3 Å². The van der Waals surface area contributed by atoms with E-state index in [4.69, 9.17) is 10.5 Å². The first-order valence-corrected chi connectivity index (χ1v) is 33.6. The van der Waals surface area contributed by atoms with Gasteiger partial charge in [0.15, 0.2) is 16.9 Å². The van der Waals surface area contributed by atoms with Crippen LogP contribution in [0.4, 0.5) is 23.0 Å². The van der Waals surface area contributed by atoms with E-state index in [0.717, 1.165) is 50.6 Å². The first-order valence-electron chi connectivity index (χ1n) is 28.8. The molecule has 0 saturated carbocycles. The fraction of sp³-hybridized carbons (Fsp3) is 0.349. The number of nitrogens with two attached hydrogens (primary N) is 1. The predicted octanol–water partition coefficient (Wildman–Crippen LogP) is 9.47. The van der Waals surface area contributed by atoms with Crippen LogP contribution in [0, 0.1) is 6.92 Å². The van der Waals surface area contributed by atoms with Gasteiger partial charge in [-0.2, -0.15) is 26.4 Å². The molecule has 3 aliphatic rings. The smallest absolute Gasteiger partial charge is 0.326 e. The number of hydrogen-bond acceptors (Lipinski definition) is 17. The number of benzene rings is 3. The maximum atomic E-state index is 13.5. The summed E-state index contributed by atoms with van der Waals surface area (Å²) in [6.45, 7) is 15.1. The van der Waals surface area contributed by atoms with Crippen molar-refractivity contribution in [3.05, 3.63) is 194 Å². The van der Waals surface area contributed by atoms with Crippen molar-refractivity contribution in [3.8, 4) is 0 Å². The molecule has 1 aliphatic carbocycles. The summed E-state index contributed by atoms with van der Waals surface area (Å²) in [5.41, 5.74) is 14.0. The predicted molar refractivity (Wildman–Crippen MR) is 348 cm³/mol. The number of ether oxygens (including phenoxy) is 1. The second-order valence-electron chi connectivity index (χ2n) is 23.2. The van der Waals surface area contributed by atoms with Gasteiger partial charge in [-0.15, -0.1) is 0 Å². The number of nitrogens with one attached hydrogen (secondary N) is 3. The molecule has 23 nitrogen and oxygen atoms in total. The maximum absolute atomic E-state index is 13.5. The number of nitrogen functional groups attached to an aromatic ring is 1. The Balaban J connectivity index is 0.00000512. The fourth-order valence-corrected chi connectivity index (χ4v) is 13.0.